The predicted molar refractivity (Wildman–Crippen MR) is 79.3 cm³/mol. The van der Waals surface area contributed by atoms with Gasteiger partial charge in [-0.25, -0.2) is 14.4 Å². The first kappa shape index (κ1) is 14.3. The van der Waals surface area contributed by atoms with Crippen LogP contribution in [-0.4, -0.2) is 27.3 Å². The maximum atomic E-state index is 13.7. The molecule has 4 nitrogen and oxygen atoms in total. The third kappa shape index (κ3) is 3.06. The number of hydrogen-bond donors (Lipinski definition) is 0. The first-order valence-corrected chi connectivity index (χ1v) is 8.95. The fraction of sp³-hybridized carbons (Fsp3) is 0.222. The summed E-state index contributed by atoms with van der Waals surface area (Å²) < 4.78 is 19.2. The fourth-order valence-corrected chi connectivity index (χ4v) is 2.25. The van der Waals surface area contributed by atoms with Crippen molar-refractivity contribution in [1.29, 1.82) is 0 Å². The van der Waals surface area contributed by atoms with E-state index in [1.807, 2.05) is 0 Å². The summed E-state index contributed by atoms with van der Waals surface area (Å²) in [5.41, 5.74) is 0.00660. The van der Waals surface area contributed by atoms with E-state index in [9.17, 15) is 4.39 Å². The Balaban J connectivity index is 2.49. The molecule has 0 spiro atoms. The maximum Gasteiger partial charge on any atom is 0.227 e. The zero-order valence-electron chi connectivity index (χ0n) is 8.66. The van der Waals surface area contributed by atoms with Gasteiger partial charge in [0.2, 0.25) is 11.2 Å². The highest BCUT2D eigenvalue weighted by Crippen LogP contribution is 2.28. The summed E-state index contributed by atoms with van der Waals surface area (Å²) in [6.45, 7) is 0.431. The molecule has 0 amide bonds. The maximum absolute atomic E-state index is 13.7. The van der Waals surface area contributed by atoms with Crippen molar-refractivity contribution in [2.75, 3.05) is 12.4 Å². The van der Waals surface area contributed by atoms with E-state index in [0.29, 0.717) is 12.0 Å². The van der Waals surface area contributed by atoms with Gasteiger partial charge in [0.05, 0.1) is 12.0 Å². The molecule has 0 aliphatic carbocycles. The lowest BCUT2D eigenvalue weighted by atomic mass is 10.3. The van der Waals surface area contributed by atoms with E-state index < -0.39 is 5.82 Å². The lowest BCUT2D eigenvalue weighted by Crippen LogP contribution is -2.03. The Kier molecular flexibility index (Phi) is 5.05. The molecule has 0 atom stereocenters. The van der Waals surface area contributed by atoms with Crippen LogP contribution in [-0.2, 0) is 0 Å². The molecule has 0 radical (unpaired) electrons. The second-order valence-corrected chi connectivity index (χ2v) is 6.28. The average molecular weight is 420 g/mol. The van der Waals surface area contributed by atoms with Crippen LogP contribution in [0.4, 0.5) is 4.39 Å². The van der Waals surface area contributed by atoms with Gasteiger partial charge in [0.15, 0.2) is 11.0 Å². The van der Waals surface area contributed by atoms with E-state index in [1.54, 1.807) is 8.93 Å². The molecular formula is C9H5Cl2FIN3OS. The number of pyridine rings is 1. The van der Waals surface area contributed by atoms with Crippen molar-refractivity contribution in [2.24, 2.45) is 0 Å². The van der Waals surface area contributed by atoms with Crippen LogP contribution in [0.2, 0.25) is 10.4 Å². The lowest BCUT2D eigenvalue weighted by Gasteiger charge is -2.08. The molecule has 0 N–H and O–H groups in total. The van der Waals surface area contributed by atoms with Crippen molar-refractivity contribution in [3.63, 3.8) is 0 Å². The number of nitrogens with zero attached hydrogens (tertiary/aromatic N) is 3. The number of ether oxygens (including phenoxy) is 1. The molecule has 0 unspecified atom stereocenters. The van der Waals surface area contributed by atoms with Gasteiger partial charge in [-0.3, -0.25) is 0 Å². The fourth-order valence-electron chi connectivity index (χ4n) is 1.26. The third-order valence-corrected chi connectivity index (χ3v) is 4.05. The number of fused-ring (bicyclic) bond motifs is 1. The normalized spacial score (nSPS) is 10.9. The molecule has 9 heteroatoms. The predicted octanol–water partition coefficient (Wildman–Crippen LogP) is 3.93. The molecule has 0 saturated carbocycles. The molecule has 2 aromatic rings. The molecule has 18 heavy (non-hydrogen) atoms. The summed E-state index contributed by atoms with van der Waals surface area (Å²) >= 11 is 13.5. The van der Waals surface area contributed by atoms with Gasteiger partial charge in [-0.2, -0.15) is 4.98 Å². The van der Waals surface area contributed by atoms with Gasteiger partial charge in [0.25, 0.3) is 0 Å². The zero-order valence-corrected chi connectivity index (χ0v) is 13.1. The zero-order chi connectivity index (χ0) is 13.1. The van der Waals surface area contributed by atoms with Crippen molar-refractivity contribution in [3.8, 4) is 5.88 Å². The summed E-state index contributed by atoms with van der Waals surface area (Å²) in [6.07, 6.45) is 1.36. The highest BCUT2D eigenvalue weighted by Gasteiger charge is 2.15. The number of rotatable bonds is 4. The van der Waals surface area contributed by atoms with E-state index in [-0.39, 0.29) is 21.8 Å². The molecule has 0 saturated heterocycles. The van der Waals surface area contributed by atoms with E-state index in [0.717, 1.165) is 5.75 Å². The first-order valence-electron chi connectivity index (χ1n) is 4.67. The Labute approximate surface area is 128 Å². The van der Waals surface area contributed by atoms with Crippen LogP contribution in [0, 0.1) is 5.82 Å². The Morgan fingerprint density at radius 3 is 2.89 bits per heavy atom. The van der Waals surface area contributed by atoms with Gasteiger partial charge in [-0.1, -0.05) is 20.5 Å². The summed E-state index contributed by atoms with van der Waals surface area (Å²) in [4.78, 5) is 11.4. The molecule has 0 fully saturated rings. The Bertz CT molecular complexity index is 589. The van der Waals surface area contributed by atoms with Gasteiger partial charge in [-0.15, -0.1) is 0 Å². The monoisotopic (exact) mass is 419 g/mol. The largest absolute Gasteiger partial charge is 0.476 e. The van der Waals surface area contributed by atoms with E-state index in [2.05, 4.69) is 36.2 Å². The Morgan fingerprint density at radius 1 is 1.39 bits per heavy atom. The number of aromatic nitrogens is 3. The second kappa shape index (κ2) is 6.36. The van der Waals surface area contributed by atoms with Gasteiger partial charge < -0.3 is 4.74 Å². The second-order valence-electron chi connectivity index (χ2n) is 3.08. The van der Waals surface area contributed by atoms with Crippen LogP contribution >= 0.6 is 53.3 Å². The van der Waals surface area contributed by atoms with E-state index in [1.165, 1.54) is 6.20 Å². The minimum absolute atomic E-state index is 0.00660. The summed E-state index contributed by atoms with van der Waals surface area (Å²) in [6, 6.07) is 0. The average Bonchev–Trinajstić information content (AvgIpc) is 2.34. The van der Waals surface area contributed by atoms with Gasteiger partial charge in [0, 0.05) is 11.9 Å². The highest BCUT2D eigenvalue weighted by atomic mass is 127. The number of halogens is 4. The van der Waals surface area contributed by atoms with Crippen LogP contribution in [0.25, 0.3) is 10.9 Å². The van der Waals surface area contributed by atoms with Crippen molar-refractivity contribution >= 4 is 64.2 Å². The quantitative estimate of drug-likeness (QED) is 0.325. The number of hydrogen-bond acceptors (Lipinski definition) is 5. The Morgan fingerprint density at radius 2 is 2.17 bits per heavy atom. The SMILES string of the molecule is Fc1c(Cl)ncc2c(OCCSI)nc(Cl)nc12. The first-order chi connectivity index (χ1) is 8.63. The minimum atomic E-state index is -0.730. The van der Waals surface area contributed by atoms with Crippen LogP contribution in [0.5, 0.6) is 5.88 Å². The molecule has 0 aliphatic heterocycles. The lowest BCUT2D eigenvalue weighted by molar-refractivity contribution is 0.334. The van der Waals surface area contributed by atoms with Crippen LogP contribution in [0.3, 0.4) is 0 Å². The van der Waals surface area contributed by atoms with E-state index >= 15 is 0 Å². The molecule has 0 bridgehead atoms. The van der Waals surface area contributed by atoms with Crippen LogP contribution in [0.15, 0.2) is 6.20 Å². The highest BCUT2D eigenvalue weighted by molar-refractivity contribution is 14.2. The smallest absolute Gasteiger partial charge is 0.227 e. The third-order valence-electron chi connectivity index (χ3n) is 1.98. The summed E-state index contributed by atoms with van der Waals surface area (Å²) in [5.74, 6) is 0.248. The molecule has 2 heterocycles. The molecule has 0 aromatic carbocycles. The molecule has 96 valence electrons. The van der Waals surface area contributed by atoms with Crippen molar-refractivity contribution < 1.29 is 9.13 Å². The minimum Gasteiger partial charge on any atom is -0.476 e. The summed E-state index contributed by atoms with van der Waals surface area (Å²) in [5, 5.41) is -0.00779. The van der Waals surface area contributed by atoms with Gasteiger partial charge in [0.1, 0.15) is 5.52 Å². The molecule has 2 aromatic heterocycles. The molecule has 2 rings (SSSR count). The van der Waals surface area contributed by atoms with Gasteiger partial charge >= 0.3 is 0 Å². The van der Waals surface area contributed by atoms with Crippen molar-refractivity contribution in [2.45, 2.75) is 0 Å². The topological polar surface area (TPSA) is 47.9 Å². The molecule has 0 aliphatic rings. The van der Waals surface area contributed by atoms with Crippen molar-refractivity contribution in [3.05, 3.63) is 22.5 Å². The standard InChI is InChI=1S/C9H5Cl2FIN3OS/c10-7-5(12)6-4(3-14-7)8(16-9(11)15-6)17-1-2-18-13/h3H,1-2H2. The van der Waals surface area contributed by atoms with Crippen LogP contribution in [0.1, 0.15) is 0 Å². The van der Waals surface area contributed by atoms with Crippen molar-refractivity contribution in [1.82, 2.24) is 15.0 Å². The van der Waals surface area contributed by atoms with Crippen LogP contribution < -0.4 is 4.74 Å². The van der Waals surface area contributed by atoms with E-state index in [4.69, 9.17) is 27.9 Å². The van der Waals surface area contributed by atoms with Gasteiger partial charge in [-0.05, 0) is 32.8 Å². The molecular weight excluding hydrogens is 415 g/mol. The Hall–Kier alpha value is -0.120. The summed E-state index contributed by atoms with van der Waals surface area (Å²) in [7, 11) is 1.59.